The van der Waals surface area contributed by atoms with Gasteiger partial charge < -0.3 is 0 Å². The standard InChI is InChI=1S/C18H20IO3/c1-18(2,3)22-17(20)13-21-16-11-9-15(10-12-16)19-14-7-5-4-6-8-14/h4-12H,13H2,1-3H3/q-1. The second-order valence-electron chi connectivity index (χ2n) is 5.72. The molecule has 0 bridgehead atoms. The SMILES string of the molecule is CC(C)(C)OC(=O)COc1ccc([I-]c2ccccc2)cc1. The molecule has 0 amide bonds. The van der Waals surface area contributed by atoms with Gasteiger partial charge in [-0.05, 0) is 0 Å². The Bertz CT molecular complexity index is 600. The Labute approximate surface area is 141 Å². The van der Waals surface area contributed by atoms with E-state index >= 15 is 0 Å². The number of hydrogen-bond acceptors (Lipinski definition) is 3. The van der Waals surface area contributed by atoms with Crippen LogP contribution in [-0.4, -0.2) is 18.2 Å². The van der Waals surface area contributed by atoms with Crippen molar-refractivity contribution in [3.05, 3.63) is 61.7 Å². The average molecular weight is 411 g/mol. The van der Waals surface area contributed by atoms with E-state index in [0.717, 1.165) is 0 Å². The van der Waals surface area contributed by atoms with Crippen molar-refractivity contribution in [1.82, 2.24) is 0 Å². The zero-order chi connectivity index (χ0) is 16.0. The van der Waals surface area contributed by atoms with Crippen LogP contribution in [0.5, 0.6) is 5.75 Å². The first-order chi connectivity index (χ1) is 10.4. The molecule has 118 valence electrons. The number of esters is 1. The van der Waals surface area contributed by atoms with Crippen molar-refractivity contribution < 1.29 is 35.5 Å². The summed E-state index contributed by atoms with van der Waals surface area (Å²) in [6.45, 7) is 5.46. The van der Waals surface area contributed by atoms with Gasteiger partial charge in [0.25, 0.3) is 0 Å². The Hall–Kier alpha value is -1.56. The molecule has 0 fully saturated rings. The number of hydrogen-bond donors (Lipinski definition) is 0. The molecule has 2 rings (SSSR count). The van der Waals surface area contributed by atoms with E-state index in [1.165, 1.54) is 7.14 Å². The maximum atomic E-state index is 11.6. The van der Waals surface area contributed by atoms with Crippen molar-refractivity contribution in [3.63, 3.8) is 0 Å². The van der Waals surface area contributed by atoms with Crippen LogP contribution in [0.2, 0.25) is 0 Å². The topological polar surface area (TPSA) is 35.5 Å². The molecule has 0 saturated heterocycles. The minimum absolute atomic E-state index is 0.0651. The number of carbonyl (C=O) groups excluding carboxylic acids is 1. The number of halogens is 1. The van der Waals surface area contributed by atoms with Crippen LogP contribution in [0.1, 0.15) is 20.8 Å². The van der Waals surface area contributed by atoms with Crippen LogP contribution in [0, 0.1) is 7.14 Å². The van der Waals surface area contributed by atoms with Gasteiger partial charge in [0.15, 0.2) is 0 Å². The van der Waals surface area contributed by atoms with Gasteiger partial charge in [-0.1, -0.05) is 0 Å². The summed E-state index contributed by atoms with van der Waals surface area (Å²) in [5, 5.41) is 0. The van der Waals surface area contributed by atoms with Crippen molar-refractivity contribution >= 4 is 5.97 Å². The van der Waals surface area contributed by atoms with Crippen molar-refractivity contribution in [2.45, 2.75) is 26.4 Å². The van der Waals surface area contributed by atoms with E-state index in [4.69, 9.17) is 9.47 Å². The molecular weight excluding hydrogens is 391 g/mol. The fourth-order valence-corrected chi connectivity index (χ4v) is 3.92. The Morgan fingerprint density at radius 3 is 2.14 bits per heavy atom. The molecule has 0 aliphatic rings. The van der Waals surface area contributed by atoms with Crippen LogP contribution in [0.15, 0.2) is 54.6 Å². The number of benzene rings is 2. The van der Waals surface area contributed by atoms with E-state index in [9.17, 15) is 4.79 Å². The van der Waals surface area contributed by atoms with E-state index in [2.05, 4.69) is 36.4 Å². The number of ether oxygens (including phenoxy) is 2. The fourth-order valence-electron chi connectivity index (χ4n) is 1.71. The average Bonchev–Trinajstić information content (AvgIpc) is 2.46. The van der Waals surface area contributed by atoms with E-state index in [1.54, 1.807) is 0 Å². The third kappa shape index (κ3) is 6.05. The van der Waals surface area contributed by atoms with E-state index < -0.39 is 5.60 Å². The van der Waals surface area contributed by atoms with Crippen molar-refractivity contribution in [2.75, 3.05) is 6.61 Å². The second kappa shape index (κ2) is 7.63. The van der Waals surface area contributed by atoms with Gasteiger partial charge in [-0.15, -0.1) is 0 Å². The third-order valence-electron chi connectivity index (χ3n) is 2.54. The van der Waals surface area contributed by atoms with Gasteiger partial charge in [-0.3, -0.25) is 0 Å². The normalized spacial score (nSPS) is 11.2. The zero-order valence-corrected chi connectivity index (χ0v) is 15.2. The summed E-state index contributed by atoms with van der Waals surface area (Å²) in [5.74, 6) is 0.333. The molecule has 3 nitrogen and oxygen atoms in total. The molecule has 0 aromatic heterocycles. The van der Waals surface area contributed by atoms with Crippen molar-refractivity contribution in [3.8, 4) is 5.75 Å². The maximum absolute atomic E-state index is 11.6. The Balaban J connectivity index is 1.86. The van der Waals surface area contributed by atoms with Gasteiger partial charge >= 0.3 is 142 Å². The molecule has 0 unspecified atom stereocenters. The predicted octanol–water partition coefficient (Wildman–Crippen LogP) is 0.536. The second-order valence-corrected chi connectivity index (χ2v) is 8.75. The van der Waals surface area contributed by atoms with E-state index in [0.29, 0.717) is 5.75 Å². The zero-order valence-electron chi connectivity index (χ0n) is 13.0. The summed E-state index contributed by atoms with van der Waals surface area (Å²) < 4.78 is 13.4. The molecule has 2 aromatic carbocycles. The first-order valence-corrected chi connectivity index (χ1v) is 9.23. The van der Waals surface area contributed by atoms with Crippen LogP contribution >= 0.6 is 0 Å². The van der Waals surface area contributed by atoms with E-state index in [1.807, 2.05) is 39.0 Å². The minimum atomic E-state index is -0.482. The molecular formula is C18H20IO3-. The summed E-state index contributed by atoms with van der Waals surface area (Å²) >= 11 is -0.173. The predicted molar refractivity (Wildman–Crippen MR) is 81.6 cm³/mol. The summed E-state index contributed by atoms with van der Waals surface area (Å²) in [7, 11) is 0. The van der Waals surface area contributed by atoms with Gasteiger partial charge in [-0.2, -0.15) is 0 Å². The summed E-state index contributed by atoms with van der Waals surface area (Å²) in [6.07, 6.45) is 0. The van der Waals surface area contributed by atoms with Crippen molar-refractivity contribution in [1.29, 1.82) is 0 Å². The Morgan fingerprint density at radius 2 is 1.55 bits per heavy atom. The molecule has 0 heterocycles. The summed E-state index contributed by atoms with van der Waals surface area (Å²) in [4.78, 5) is 11.6. The monoisotopic (exact) mass is 411 g/mol. The molecule has 0 N–H and O–H groups in total. The Kier molecular flexibility index (Phi) is 5.83. The molecule has 0 spiro atoms. The van der Waals surface area contributed by atoms with Gasteiger partial charge in [-0.25, -0.2) is 0 Å². The van der Waals surface area contributed by atoms with Crippen LogP contribution < -0.4 is 25.9 Å². The van der Waals surface area contributed by atoms with Gasteiger partial charge in [0, 0.05) is 0 Å². The molecule has 22 heavy (non-hydrogen) atoms. The van der Waals surface area contributed by atoms with Crippen LogP contribution in [0.4, 0.5) is 0 Å². The third-order valence-corrected chi connectivity index (χ3v) is 5.23. The van der Waals surface area contributed by atoms with Crippen LogP contribution in [-0.2, 0) is 9.53 Å². The molecule has 0 aliphatic heterocycles. The molecule has 4 heteroatoms. The van der Waals surface area contributed by atoms with Crippen LogP contribution in [0.25, 0.3) is 0 Å². The summed E-state index contributed by atoms with van der Waals surface area (Å²) in [5.41, 5.74) is -0.482. The van der Waals surface area contributed by atoms with E-state index in [-0.39, 0.29) is 33.8 Å². The Morgan fingerprint density at radius 1 is 0.955 bits per heavy atom. The molecule has 2 aromatic rings. The molecule has 0 saturated carbocycles. The van der Waals surface area contributed by atoms with Gasteiger partial charge in [0.2, 0.25) is 0 Å². The number of rotatable bonds is 5. The van der Waals surface area contributed by atoms with Crippen LogP contribution in [0.3, 0.4) is 0 Å². The molecule has 0 atom stereocenters. The van der Waals surface area contributed by atoms with Gasteiger partial charge in [0.05, 0.1) is 0 Å². The van der Waals surface area contributed by atoms with Crippen molar-refractivity contribution in [2.24, 2.45) is 0 Å². The molecule has 0 aliphatic carbocycles. The molecule has 0 radical (unpaired) electrons. The first kappa shape index (κ1) is 16.8. The van der Waals surface area contributed by atoms with Gasteiger partial charge in [0.1, 0.15) is 0 Å². The quantitative estimate of drug-likeness (QED) is 0.532. The first-order valence-electron chi connectivity index (χ1n) is 7.07. The number of carbonyl (C=O) groups is 1. The fraction of sp³-hybridized carbons (Fsp3) is 0.278. The summed E-state index contributed by atoms with van der Waals surface area (Å²) in [6, 6.07) is 18.4.